The molecule has 49 heavy (non-hydrogen) atoms. The summed E-state index contributed by atoms with van der Waals surface area (Å²) in [5, 5.41) is 2.86. The number of likely N-dealkylation sites (N-methyl/N-ethyl adjacent to an activating group) is 1. The molecule has 0 spiro atoms. The van der Waals surface area contributed by atoms with Crippen LogP contribution in [0, 0.1) is 0 Å². The van der Waals surface area contributed by atoms with E-state index in [2.05, 4.69) is 5.32 Å². The van der Waals surface area contributed by atoms with Crippen molar-refractivity contribution in [1.29, 1.82) is 0 Å². The maximum atomic E-state index is 14.6. The Hall–Kier alpha value is -5.23. The summed E-state index contributed by atoms with van der Waals surface area (Å²) < 4.78 is 51.6. The highest BCUT2D eigenvalue weighted by molar-refractivity contribution is 7.92. The van der Waals surface area contributed by atoms with Gasteiger partial charge >= 0.3 is 0 Å². The molecule has 1 unspecified atom stereocenters. The third-order valence-corrected chi connectivity index (χ3v) is 9.54. The van der Waals surface area contributed by atoms with Crippen molar-refractivity contribution in [3.05, 3.63) is 108 Å². The van der Waals surface area contributed by atoms with E-state index in [-0.39, 0.29) is 35.2 Å². The van der Waals surface area contributed by atoms with Gasteiger partial charge < -0.3 is 29.2 Å². The first kappa shape index (κ1) is 36.6. The van der Waals surface area contributed by atoms with Crippen LogP contribution in [0.2, 0.25) is 0 Å². The molecule has 0 fully saturated rings. The van der Waals surface area contributed by atoms with E-state index in [0.29, 0.717) is 36.0 Å². The second-order valence-corrected chi connectivity index (χ2v) is 12.8. The lowest BCUT2D eigenvalue weighted by molar-refractivity contribution is -0.140. The summed E-state index contributed by atoms with van der Waals surface area (Å²) in [6, 6.07) is 26.2. The van der Waals surface area contributed by atoms with Crippen molar-refractivity contribution in [2.75, 3.05) is 45.3 Å². The van der Waals surface area contributed by atoms with Gasteiger partial charge in [0, 0.05) is 25.6 Å². The van der Waals surface area contributed by atoms with Gasteiger partial charge in [-0.1, -0.05) is 42.5 Å². The van der Waals surface area contributed by atoms with Crippen LogP contribution in [0.3, 0.4) is 0 Å². The number of hydrogen-bond acceptors (Lipinski definition) is 8. The Labute approximate surface area is 288 Å². The van der Waals surface area contributed by atoms with E-state index >= 15 is 0 Å². The van der Waals surface area contributed by atoms with Gasteiger partial charge in [0.2, 0.25) is 11.8 Å². The molecule has 4 rings (SSSR count). The normalized spacial score (nSPS) is 11.6. The van der Waals surface area contributed by atoms with Gasteiger partial charge in [-0.25, -0.2) is 8.42 Å². The first-order chi connectivity index (χ1) is 23.6. The van der Waals surface area contributed by atoms with E-state index in [9.17, 15) is 18.0 Å². The number of benzene rings is 4. The van der Waals surface area contributed by atoms with Gasteiger partial charge in [0.1, 0.15) is 24.1 Å². The molecule has 0 saturated carbocycles. The number of sulfonamides is 1. The van der Waals surface area contributed by atoms with Gasteiger partial charge in [0.05, 0.1) is 38.5 Å². The lowest BCUT2D eigenvalue weighted by Gasteiger charge is -2.34. The van der Waals surface area contributed by atoms with Gasteiger partial charge in [-0.05, 0) is 73.5 Å². The summed E-state index contributed by atoms with van der Waals surface area (Å²) in [6.45, 7) is 3.81. The zero-order chi connectivity index (χ0) is 35.4. The van der Waals surface area contributed by atoms with Crippen molar-refractivity contribution in [3.8, 4) is 23.0 Å². The van der Waals surface area contributed by atoms with E-state index in [1.54, 1.807) is 56.5 Å². The summed E-state index contributed by atoms with van der Waals surface area (Å²) in [5.41, 5.74) is 1.76. The van der Waals surface area contributed by atoms with Gasteiger partial charge in [0.25, 0.3) is 10.0 Å². The van der Waals surface area contributed by atoms with Crippen LogP contribution in [-0.2, 0) is 32.6 Å². The minimum Gasteiger partial charge on any atom is -0.497 e. The lowest BCUT2D eigenvalue weighted by Crippen LogP contribution is -2.53. The third-order valence-electron chi connectivity index (χ3n) is 7.77. The fraction of sp³-hybridized carbons (Fsp3) is 0.297. The van der Waals surface area contributed by atoms with E-state index in [1.807, 2.05) is 43.3 Å². The van der Waals surface area contributed by atoms with E-state index < -0.39 is 28.5 Å². The number of carbonyl (C=O) groups excluding carboxylic acids is 2. The molecule has 0 aliphatic heterocycles. The number of rotatable bonds is 17. The molecule has 0 bridgehead atoms. The van der Waals surface area contributed by atoms with Gasteiger partial charge in [0.15, 0.2) is 11.5 Å². The second-order valence-electron chi connectivity index (χ2n) is 10.9. The Morgan fingerprint density at radius 3 is 2.08 bits per heavy atom. The van der Waals surface area contributed by atoms with Crippen molar-refractivity contribution in [1.82, 2.24) is 10.2 Å². The summed E-state index contributed by atoms with van der Waals surface area (Å²) in [6.07, 6.45) is 0.202. The molecule has 4 aromatic rings. The minimum atomic E-state index is -4.38. The maximum Gasteiger partial charge on any atom is 0.264 e. The Morgan fingerprint density at radius 1 is 0.755 bits per heavy atom. The fourth-order valence-electron chi connectivity index (χ4n) is 5.32. The molecule has 0 saturated heterocycles. The molecular weight excluding hydrogens is 646 g/mol. The number of nitrogens with one attached hydrogen (secondary N) is 1. The summed E-state index contributed by atoms with van der Waals surface area (Å²) in [4.78, 5) is 29.7. The molecular formula is C37H43N3O8S. The molecule has 1 atom stereocenters. The predicted molar refractivity (Wildman–Crippen MR) is 188 cm³/mol. The third kappa shape index (κ3) is 9.23. The van der Waals surface area contributed by atoms with Crippen LogP contribution in [0.4, 0.5) is 5.69 Å². The molecule has 4 aromatic carbocycles. The summed E-state index contributed by atoms with van der Waals surface area (Å²) >= 11 is 0. The van der Waals surface area contributed by atoms with Gasteiger partial charge in [-0.2, -0.15) is 0 Å². The topological polar surface area (TPSA) is 124 Å². The van der Waals surface area contributed by atoms with Crippen molar-refractivity contribution < 1.29 is 37.0 Å². The highest BCUT2D eigenvalue weighted by Gasteiger charge is 2.35. The predicted octanol–water partition coefficient (Wildman–Crippen LogP) is 5.08. The molecule has 2 amide bonds. The van der Waals surface area contributed by atoms with Gasteiger partial charge in [-0.3, -0.25) is 13.9 Å². The van der Waals surface area contributed by atoms with Crippen LogP contribution in [0.5, 0.6) is 23.0 Å². The lowest BCUT2D eigenvalue weighted by atomic mass is 10.0. The van der Waals surface area contributed by atoms with E-state index in [0.717, 1.165) is 9.87 Å². The highest BCUT2D eigenvalue weighted by atomic mass is 32.2. The Kier molecular flexibility index (Phi) is 12.9. The van der Waals surface area contributed by atoms with Crippen LogP contribution >= 0.6 is 0 Å². The number of hydrogen-bond donors (Lipinski definition) is 1. The van der Waals surface area contributed by atoms with Crippen LogP contribution in [-0.4, -0.2) is 72.2 Å². The number of anilines is 1. The molecule has 0 aliphatic rings. The molecule has 0 radical (unpaired) electrons. The average molecular weight is 690 g/mol. The minimum absolute atomic E-state index is 0.0121. The molecule has 12 heteroatoms. The molecule has 260 valence electrons. The number of amides is 2. The summed E-state index contributed by atoms with van der Waals surface area (Å²) in [5.74, 6) is 0.723. The largest absolute Gasteiger partial charge is 0.497 e. The number of carbonyl (C=O) groups is 2. The van der Waals surface area contributed by atoms with Crippen molar-refractivity contribution >= 4 is 27.5 Å². The van der Waals surface area contributed by atoms with Crippen molar-refractivity contribution in [2.45, 2.75) is 37.8 Å². The Morgan fingerprint density at radius 2 is 1.45 bits per heavy atom. The average Bonchev–Trinajstić information content (AvgIpc) is 3.12. The van der Waals surface area contributed by atoms with E-state index in [4.69, 9.17) is 18.9 Å². The van der Waals surface area contributed by atoms with Crippen LogP contribution < -0.4 is 28.6 Å². The van der Waals surface area contributed by atoms with Crippen molar-refractivity contribution in [2.24, 2.45) is 0 Å². The van der Waals surface area contributed by atoms with Crippen LogP contribution in [0.15, 0.2) is 102 Å². The Bertz CT molecular complexity index is 1800. The zero-order valence-electron chi connectivity index (χ0n) is 28.4. The van der Waals surface area contributed by atoms with Crippen molar-refractivity contribution in [3.63, 3.8) is 0 Å². The van der Waals surface area contributed by atoms with E-state index in [1.165, 1.54) is 37.3 Å². The first-order valence-corrected chi connectivity index (χ1v) is 17.3. The molecule has 11 nitrogen and oxygen atoms in total. The highest BCUT2D eigenvalue weighted by Crippen LogP contribution is 2.33. The zero-order valence-corrected chi connectivity index (χ0v) is 29.2. The van der Waals surface area contributed by atoms with Gasteiger partial charge in [-0.15, -0.1) is 0 Å². The first-order valence-electron chi connectivity index (χ1n) is 15.9. The maximum absolute atomic E-state index is 14.6. The quantitative estimate of drug-likeness (QED) is 0.163. The molecule has 0 aliphatic carbocycles. The molecule has 0 heterocycles. The SMILES string of the molecule is CCNC(=O)C(Cc1ccccc1)N(Cc1cccc(OC)c1)C(=O)CN(c1ccc(OCC)cc1)S(=O)(=O)c1ccc(OC)c(OC)c1. The second kappa shape index (κ2) is 17.3. The summed E-state index contributed by atoms with van der Waals surface area (Å²) in [7, 11) is 0.0314. The smallest absolute Gasteiger partial charge is 0.264 e. The standard InChI is InChI=1S/C37H43N3O8S/c1-6-38-37(42)33(23-27-12-9-8-10-13-27)39(25-28-14-11-15-31(22-28)45-3)36(41)26-40(29-16-18-30(19-17-29)48-7-2)49(43,44)32-20-21-34(46-4)35(24-32)47-5/h8-22,24,33H,6-7,23,25-26H2,1-5H3,(H,38,42). The monoisotopic (exact) mass is 689 g/mol. The Balaban J connectivity index is 1.83. The number of methoxy groups -OCH3 is 3. The molecule has 1 N–H and O–H groups in total. The fourth-order valence-corrected chi connectivity index (χ4v) is 6.75. The number of ether oxygens (including phenoxy) is 4. The molecule has 0 aromatic heterocycles. The van der Waals surface area contributed by atoms with Crippen LogP contribution in [0.25, 0.3) is 0 Å². The van der Waals surface area contributed by atoms with Crippen LogP contribution in [0.1, 0.15) is 25.0 Å². The number of nitrogens with zero attached hydrogens (tertiary/aromatic N) is 2.